The molecule has 0 unspecified atom stereocenters. The number of nitriles is 1. The van der Waals surface area contributed by atoms with Crippen LogP contribution in [0.4, 0.5) is 0 Å². The van der Waals surface area contributed by atoms with Gasteiger partial charge in [-0.3, -0.25) is 0 Å². The molecule has 0 amide bonds. The molecule has 0 saturated carbocycles. The van der Waals surface area contributed by atoms with Gasteiger partial charge < -0.3 is 4.74 Å². The Kier molecular flexibility index (Phi) is 4.13. The van der Waals surface area contributed by atoms with Crippen molar-refractivity contribution >= 4 is 33.5 Å². The van der Waals surface area contributed by atoms with E-state index in [-0.39, 0.29) is 17.7 Å². The number of halogens is 2. The summed E-state index contributed by atoms with van der Waals surface area (Å²) in [6.07, 6.45) is 0. The minimum atomic E-state index is -0.522. The fraction of sp³-hybridized carbons (Fsp3) is 0.200. The summed E-state index contributed by atoms with van der Waals surface area (Å²) < 4.78 is 5.37. The maximum Gasteiger partial charge on any atom is 0.339 e. The van der Waals surface area contributed by atoms with E-state index in [0.717, 1.165) is 0 Å². The molecule has 0 spiro atoms. The van der Waals surface area contributed by atoms with Gasteiger partial charge in [0.25, 0.3) is 0 Å². The van der Waals surface area contributed by atoms with Crippen LogP contribution in [0.15, 0.2) is 16.6 Å². The van der Waals surface area contributed by atoms with Crippen LogP contribution in [0.2, 0.25) is 5.02 Å². The molecule has 1 aromatic carbocycles. The number of benzene rings is 1. The van der Waals surface area contributed by atoms with Crippen LogP contribution in [0.25, 0.3) is 0 Å². The van der Waals surface area contributed by atoms with Crippen LogP contribution in [-0.4, -0.2) is 12.6 Å². The molecular formula is C10H7BrClNO2. The average molecular weight is 289 g/mol. The van der Waals surface area contributed by atoms with Crippen molar-refractivity contribution in [1.29, 1.82) is 5.26 Å². The second-order valence-electron chi connectivity index (χ2n) is 2.64. The molecule has 0 atom stereocenters. The van der Waals surface area contributed by atoms with Crippen LogP contribution in [0.1, 0.15) is 22.8 Å². The standard InChI is InChI=1S/C10H7BrClNO2/c1-2-15-10(14)7-4-8(11)9(12)3-6(7)5-13/h3-4H,2H2,1H3. The van der Waals surface area contributed by atoms with Gasteiger partial charge in [0.2, 0.25) is 0 Å². The van der Waals surface area contributed by atoms with Gasteiger partial charge in [-0.2, -0.15) is 5.26 Å². The van der Waals surface area contributed by atoms with Gasteiger partial charge in [-0.1, -0.05) is 11.6 Å². The van der Waals surface area contributed by atoms with E-state index in [0.29, 0.717) is 9.50 Å². The van der Waals surface area contributed by atoms with Crippen molar-refractivity contribution in [1.82, 2.24) is 0 Å². The molecule has 3 nitrogen and oxygen atoms in total. The van der Waals surface area contributed by atoms with Crippen LogP contribution in [-0.2, 0) is 4.74 Å². The highest BCUT2D eigenvalue weighted by Gasteiger charge is 2.14. The summed E-state index contributed by atoms with van der Waals surface area (Å²) in [4.78, 5) is 11.5. The molecule has 0 radical (unpaired) electrons. The lowest BCUT2D eigenvalue weighted by molar-refractivity contribution is 0.0526. The maximum absolute atomic E-state index is 11.5. The Balaban J connectivity index is 3.23. The summed E-state index contributed by atoms with van der Waals surface area (Å²) in [7, 11) is 0. The van der Waals surface area contributed by atoms with Crippen molar-refractivity contribution in [2.45, 2.75) is 6.92 Å². The van der Waals surface area contributed by atoms with E-state index < -0.39 is 5.97 Å². The zero-order valence-corrected chi connectivity index (χ0v) is 10.2. The normalized spacial score (nSPS) is 9.47. The maximum atomic E-state index is 11.5. The van der Waals surface area contributed by atoms with Crippen LogP contribution in [0.3, 0.4) is 0 Å². The first-order valence-corrected chi connectivity index (χ1v) is 5.33. The lowest BCUT2D eigenvalue weighted by Gasteiger charge is -2.05. The number of ether oxygens (including phenoxy) is 1. The Morgan fingerprint density at radius 1 is 1.67 bits per heavy atom. The molecule has 0 fully saturated rings. The number of nitrogens with zero attached hydrogens (tertiary/aromatic N) is 1. The third-order valence-corrected chi connectivity index (χ3v) is 2.87. The predicted molar refractivity (Wildman–Crippen MR) is 59.8 cm³/mol. The van der Waals surface area contributed by atoms with Gasteiger partial charge in [-0.25, -0.2) is 4.79 Å². The van der Waals surface area contributed by atoms with Crippen molar-refractivity contribution < 1.29 is 9.53 Å². The predicted octanol–water partition coefficient (Wildman–Crippen LogP) is 3.15. The first-order valence-electron chi connectivity index (χ1n) is 4.16. The molecular weight excluding hydrogens is 281 g/mol. The third kappa shape index (κ3) is 2.71. The van der Waals surface area contributed by atoms with Crippen molar-refractivity contribution in [3.05, 3.63) is 32.8 Å². The Morgan fingerprint density at radius 2 is 2.33 bits per heavy atom. The first-order chi connectivity index (χ1) is 7.10. The molecule has 15 heavy (non-hydrogen) atoms. The monoisotopic (exact) mass is 287 g/mol. The zero-order valence-electron chi connectivity index (χ0n) is 7.88. The molecule has 0 heterocycles. The highest BCUT2D eigenvalue weighted by molar-refractivity contribution is 9.10. The Morgan fingerprint density at radius 3 is 2.87 bits per heavy atom. The second kappa shape index (κ2) is 5.15. The highest BCUT2D eigenvalue weighted by atomic mass is 79.9. The van der Waals surface area contributed by atoms with Gasteiger partial charge in [0.05, 0.1) is 22.8 Å². The zero-order chi connectivity index (χ0) is 11.4. The van der Waals surface area contributed by atoms with Crippen molar-refractivity contribution in [2.24, 2.45) is 0 Å². The molecule has 78 valence electrons. The number of carbonyl (C=O) groups is 1. The molecule has 0 bridgehead atoms. The SMILES string of the molecule is CCOC(=O)c1cc(Br)c(Cl)cc1C#N. The van der Waals surface area contributed by atoms with Crippen LogP contribution >= 0.6 is 27.5 Å². The third-order valence-electron chi connectivity index (χ3n) is 1.68. The van der Waals surface area contributed by atoms with Gasteiger partial charge in [0.1, 0.15) is 6.07 Å². The molecule has 0 aliphatic rings. The molecule has 5 heteroatoms. The second-order valence-corrected chi connectivity index (χ2v) is 3.91. The molecule has 0 N–H and O–H groups in total. The molecule has 0 saturated heterocycles. The smallest absolute Gasteiger partial charge is 0.339 e. The van der Waals surface area contributed by atoms with Gasteiger partial charge in [-0.15, -0.1) is 0 Å². The van der Waals surface area contributed by atoms with E-state index in [1.807, 2.05) is 6.07 Å². The molecule has 1 rings (SSSR count). The van der Waals surface area contributed by atoms with Gasteiger partial charge in [-0.05, 0) is 35.0 Å². The average Bonchev–Trinajstić information content (AvgIpc) is 2.21. The summed E-state index contributed by atoms with van der Waals surface area (Å²) in [6.45, 7) is 1.97. The largest absolute Gasteiger partial charge is 0.462 e. The van der Waals surface area contributed by atoms with Crippen LogP contribution < -0.4 is 0 Å². The van der Waals surface area contributed by atoms with Crippen molar-refractivity contribution in [3.8, 4) is 6.07 Å². The number of hydrogen-bond donors (Lipinski definition) is 0. The first kappa shape index (κ1) is 12.0. The summed E-state index contributed by atoms with van der Waals surface area (Å²) in [5.74, 6) is -0.522. The van der Waals surface area contributed by atoms with Gasteiger partial charge >= 0.3 is 5.97 Å². The highest BCUT2D eigenvalue weighted by Crippen LogP contribution is 2.26. The van der Waals surface area contributed by atoms with Crippen molar-refractivity contribution in [2.75, 3.05) is 6.61 Å². The van der Waals surface area contributed by atoms with Gasteiger partial charge in [0, 0.05) is 4.47 Å². The topological polar surface area (TPSA) is 50.1 Å². The van der Waals surface area contributed by atoms with E-state index in [9.17, 15) is 4.79 Å². The van der Waals surface area contributed by atoms with E-state index in [4.69, 9.17) is 21.6 Å². The van der Waals surface area contributed by atoms with E-state index in [2.05, 4.69) is 15.9 Å². The minimum Gasteiger partial charge on any atom is -0.462 e. The number of hydrogen-bond acceptors (Lipinski definition) is 3. The molecule has 0 aliphatic carbocycles. The quantitative estimate of drug-likeness (QED) is 0.786. The Bertz CT molecular complexity index is 440. The summed E-state index contributed by atoms with van der Waals surface area (Å²) in [5, 5.41) is 9.21. The fourth-order valence-corrected chi connectivity index (χ4v) is 1.52. The number of esters is 1. The van der Waals surface area contributed by atoms with Gasteiger partial charge in [0.15, 0.2) is 0 Å². The van der Waals surface area contributed by atoms with Crippen LogP contribution in [0, 0.1) is 11.3 Å². The molecule has 0 aliphatic heterocycles. The summed E-state index contributed by atoms with van der Waals surface area (Å²) in [6, 6.07) is 4.81. The number of carbonyl (C=O) groups excluding carboxylic acids is 1. The molecule has 0 aromatic heterocycles. The lowest BCUT2D eigenvalue weighted by atomic mass is 10.1. The fourth-order valence-electron chi connectivity index (χ4n) is 1.02. The van der Waals surface area contributed by atoms with E-state index in [1.54, 1.807) is 6.92 Å². The van der Waals surface area contributed by atoms with Crippen LogP contribution in [0.5, 0.6) is 0 Å². The summed E-state index contributed by atoms with van der Waals surface area (Å²) in [5.41, 5.74) is 0.428. The number of rotatable bonds is 2. The van der Waals surface area contributed by atoms with E-state index in [1.165, 1.54) is 12.1 Å². The minimum absolute atomic E-state index is 0.210. The summed E-state index contributed by atoms with van der Waals surface area (Å²) >= 11 is 8.98. The Labute approximate surface area is 101 Å². The van der Waals surface area contributed by atoms with E-state index >= 15 is 0 Å². The Hall–Kier alpha value is -1.05. The lowest BCUT2D eigenvalue weighted by Crippen LogP contribution is -2.07. The van der Waals surface area contributed by atoms with Crippen molar-refractivity contribution in [3.63, 3.8) is 0 Å². The molecule has 1 aromatic rings.